The van der Waals surface area contributed by atoms with E-state index in [1.165, 1.54) is 0 Å². The van der Waals surface area contributed by atoms with Gasteiger partial charge in [-0.3, -0.25) is 9.59 Å². The fourth-order valence-corrected chi connectivity index (χ4v) is 2.37. The molecule has 1 fully saturated rings. The highest BCUT2D eigenvalue weighted by Crippen LogP contribution is 2.33. The summed E-state index contributed by atoms with van der Waals surface area (Å²) in [7, 11) is 0. The van der Waals surface area contributed by atoms with E-state index in [1.807, 2.05) is 32.0 Å². The Kier molecular flexibility index (Phi) is 3.11. The molecule has 2 rings (SSSR count). The number of carbonyl (C=O) groups is 2. The Labute approximate surface area is 107 Å². The van der Waals surface area contributed by atoms with Crippen LogP contribution < -0.4 is 10.6 Å². The predicted octanol–water partition coefficient (Wildman–Crippen LogP) is 1.51. The van der Waals surface area contributed by atoms with Gasteiger partial charge in [-0.1, -0.05) is 0 Å². The zero-order valence-corrected chi connectivity index (χ0v) is 10.8. The SMILES string of the molecule is Cc1cc(N2CCC(C)(C(N)=O)C2)ccc1C=O. The lowest BCUT2D eigenvalue weighted by Crippen LogP contribution is -2.37. The standard InChI is InChI=1S/C14H18N2O2/c1-10-7-12(4-3-11(10)8-17)16-6-5-14(2,9-16)13(15)18/h3-4,7-8H,5-6,9H2,1-2H3,(H2,15,18). The molecule has 1 amide bonds. The lowest BCUT2D eigenvalue weighted by molar-refractivity contribution is -0.125. The molecule has 1 aliphatic rings. The second-order valence-electron chi connectivity index (χ2n) is 5.26. The van der Waals surface area contributed by atoms with Crippen molar-refractivity contribution in [3.05, 3.63) is 29.3 Å². The smallest absolute Gasteiger partial charge is 0.225 e. The summed E-state index contributed by atoms with van der Waals surface area (Å²) in [5.41, 5.74) is 7.69. The third-order valence-corrected chi connectivity index (χ3v) is 3.81. The quantitative estimate of drug-likeness (QED) is 0.822. The number of nitrogens with two attached hydrogens (primary N) is 1. The first kappa shape index (κ1) is 12.6. The van der Waals surface area contributed by atoms with Gasteiger partial charge in [-0.25, -0.2) is 0 Å². The molecule has 4 nitrogen and oxygen atoms in total. The fraction of sp³-hybridized carbons (Fsp3) is 0.429. The summed E-state index contributed by atoms with van der Waals surface area (Å²) in [5, 5.41) is 0. The molecule has 96 valence electrons. The van der Waals surface area contributed by atoms with Crippen molar-refractivity contribution in [3.8, 4) is 0 Å². The number of nitrogens with zero attached hydrogens (tertiary/aromatic N) is 1. The largest absolute Gasteiger partial charge is 0.370 e. The molecule has 1 atom stereocenters. The monoisotopic (exact) mass is 246 g/mol. The summed E-state index contributed by atoms with van der Waals surface area (Å²) in [6.45, 7) is 5.28. The lowest BCUT2D eigenvalue weighted by atomic mass is 9.89. The Balaban J connectivity index is 2.22. The van der Waals surface area contributed by atoms with Crippen LogP contribution in [-0.2, 0) is 4.79 Å². The van der Waals surface area contributed by atoms with Gasteiger partial charge in [0.05, 0.1) is 5.41 Å². The van der Waals surface area contributed by atoms with Crippen LogP contribution >= 0.6 is 0 Å². The van der Waals surface area contributed by atoms with E-state index in [-0.39, 0.29) is 5.91 Å². The highest BCUT2D eigenvalue weighted by Gasteiger charge is 2.38. The number of rotatable bonds is 3. The first-order chi connectivity index (χ1) is 8.46. The molecule has 1 aromatic carbocycles. The van der Waals surface area contributed by atoms with E-state index in [1.54, 1.807) is 0 Å². The molecule has 1 unspecified atom stereocenters. The fourth-order valence-electron chi connectivity index (χ4n) is 2.37. The molecule has 0 saturated carbocycles. The summed E-state index contributed by atoms with van der Waals surface area (Å²) in [5.74, 6) is -0.244. The molecule has 2 N–H and O–H groups in total. The topological polar surface area (TPSA) is 63.4 Å². The predicted molar refractivity (Wildman–Crippen MR) is 70.7 cm³/mol. The van der Waals surface area contributed by atoms with Crippen LogP contribution in [0.4, 0.5) is 5.69 Å². The average molecular weight is 246 g/mol. The highest BCUT2D eigenvalue weighted by molar-refractivity contribution is 5.82. The third kappa shape index (κ3) is 2.10. The second kappa shape index (κ2) is 4.44. The van der Waals surface area contributed by atoms with Gasteiger partial charge in [-0.2, -0.15) is 0 Å². The number of primary amides is 1. The number of aryl methyl sites for hydroxylation is 1. The van der Waals surface area contributed by atoms with E-state index in [4.69, 9.17) is 5.73 Å². The Bertz CT molecular complexity index is 499. The van der Waals surface area contributed by atoms with E-state index < -0.39 is 5.41 Å². The van der Waals surface area contributed by atoms with Crippen molar-refractivity contribution >= 4 is 17.9 Å². The van der Waals surface area contributed by atoms with Gasteiger partial charge in [0.1, 0.15) is 6.29 Å². The van der Waals surface area contributed by atoms with Crippen LogP contribution in [0.1, 0.15) is 29.3 Å². The molecule has 0 aromatic heterocycles. The second-order valence-corrected chi connectivity index (χ2v) is 5.26. The average Bonchev–Trinajstić information content (AvgIpc) is 2.73. The van der Waals surface area contributed by atoms with Crippen LogP contribution in [-0.4, -0.2) is 25.3 Å². The lowest BCUT2D eigenvalue weighted by Gasteiger charge is -2.23. The Morgan fingerprint density at radius 1 is 1.50 bits per heavy atom. The third-order valence-electron chi connectivity index (χ3n) is 3.81. The molecular formula is C14H18N2O2. The number of amides is 1. The van der Waals surface area contributed by atoms with Crippen molar-refractivity contribution in [1.29, 1.82) is 0 Å². The van der Waals surface area contributed by atoms with Crippen LogP contribution in [0.5, 0.6) is 0 Å². The number of benzene rings is 1. The van der Waals surface area contributed by atoms with Gasteiger partial charge in [-0.15, -0.1) is 0 Å². The molecule has 1 heterocycles. The maximum Gasteiger partial charge on any atom is 0.225 e. The van der Waals surface area contributed by atoms with Crippen molar-refractivity contribution in [1.82, 2.24) is 0 Å². The molecule has 1 aliphatic heterocycles. The zero-order chi connectivity index (χ0) is 13.3. The van der Waals surface area contributed by atoms with Gasteiger partial charge in [0, 0.05) is 24.3 Å². The normalized spacial score (nSPS) is 23.1. The van der Waals surface area contributed by atoms with E-state index in [0.717, 1.165) is 30.5 Å². The van der Waals surface area contributed by atoms with Crippen molar-refractivity contribution in [3.63, 3.8) is 0 Å². The molecule has 1 aromatic rings. The van der Waals surface area contributed by atoms with E-state index in [0.29, 0.717) is 12.1 Å². The first-order valence-corrected chi connectivity index (χ1v) is 6.07. The minimum Gasteiger partial charge on any atom is -0.370 e. The Hall–Kier alpha value is -1.84. The zero-order valence-electron chi connectivity index (χ0n) is 10.8. The van der Waals surface area contributed by atoms with Crippen molar-refractivity contribution in [2.24, 2.45) is 11.1 Å². The molecular weight excluding hydrogens is 228 g/mol. The Morgan fingerprint density at radius 2 is 2.22 bits per heavy atom. The van der Waals surface area contributed by atoms with Gasteiger partial charge < -0.3 is 10.6 Å². The minimum absolute atomic E-state index is 0.244. The highest BCUT2D eigenvalue weighted by atomic mass is 16.1. The van der Waals surface area contributed by atoms with E-state index in [2.05, 4.69) is 4.90 Å². The number of carbonyl (C=O) groups excluding carboxylic acids is 2. The first-order valence-electron chi connectivity index (χ1n) is 6.07. The molecule has 0 bridgehead atoms. The molecule has 18 heavy (non-hydrogen) atoms. The van der Waals surface area contributed by atoms with Crippen molar-refractivity contribution in [2.75, 3.05) is 18.0 Å². The minimum atomic E-state index is -0.447. The van der Waals surface area contributed by atoms with Crippen molar-refractivity contribution in [2.45, 2.75) is 20.3 Å². The summed E-state index contributed by atoms with van der Waals surface area (Å²) < 4.78 is 0. The van der Waals surface area contributed by atoms with Crippen LogP contribution in [0.25, 0.3) is 0 Å². The van der Waals surface area contributed by atoms with Crippen LogP contribution in [0.2, 0.25) is 0 Å². The van der Waals surface area contributed by atoms with Crippen LogP contribution in [0.15, 0.2) is 18.2 Å². The summed E-state index contributed by atoms with van der Waals surface area (Å²) in [6.07, 6.45) is 1.63. The number of anilines is 1. The van der Waals surface area contributed by atoms with Crippen molar-refractivity contribution < 1.29 is 9.59 Å². The summed E-state index contributed by atoms with van der Waals surface area (Å²) in [4.78, 5) is 24.3. The maximum absolute atomic E-state index is 11.4. The van der Waals surface area contributed by atoms with Gasteiger partial charge in [0.2, 0.25) is 5.91 Å². The maximum atomic E-state index is 11.4. The molecule has 4 heteroatoms. The molecule has 0 aliphatic carbocycles. The number of hydrogen-bond donors (Lipinski definition) is 1. The molecule has 1 saturated heterocycles. The van der Waals surface area contributed by atoms with E-state index in [9.17, 15) is 9.59 Å². The van der Waals surface area contributed by atoms with Gasteiger partial charge >= 0.3 is 0 Å². The van der Waals surface area contributed by atoms with Gasteiger partial charge in [-0.05, 0) is 44.0 Å². The molecule has 0 radical (unpaired) electrons. The van der Waals surface area contributed by atoms with Gasteiger partial charge in [0.25, 0.3) is 0 Å². The Morgan fingerprint density at radius 3 is 2.72 bits per heavy atom. The number of aldehydes is 1. The molecule has 0 spiro atoms. The van der Waals surface area contributed by atoms with E-state index >= 15 is 0 Å². The summed E-state index contributed by atoms with van der Waals surface area (Å²) in [6, 6.07) is 5.72. The van der Waals surface area contributed by atoms with Gasteiger partial charge in [0.15, 0.2) is 0 Å². The summed E-state index contributed by atoms with van der Waals surface area (Å²) >= 11 is 0. The van der Waals surface area contributed by atoms with Crippen LogP contribution in [0, 0.1) is 12.3 Å². The number of hydrogen-bond acceptors (Lipinski definition) is 3. The van der Waals surface area contributed by atoms with Crippen LogP contribution in [0.3, 0.4) is 0 Å².